The Labute approximate surface area is 144 Å². The molecule has 0 fully saturated rings. The average Bonchev–Trinajstić information content (AvgIpc) is 3.12. The zero-order valence-electron chi connectivity index (χ0n) is 14.1. The maximum atomic E-state index is 12.6. The molecule has 7 heteroatoms. The van der Waals surface area contributed by atoms with Gasteiger partial charge in [0.2, 0.25) is 0 Å². The Hall–Kier alpha value is -2.34. The van der Waals surface area contributed by atoms with E-state index in [2.05, 4.69) is 15.4 Å². The van der Waals surface area contributed by atoms with Crippen molar-refractivity contribution < 1.29 is 9.21 Å². The summed E-state index contributed by atoms with van der Waals surface area (Å²) in [6.07, 6.45) is 1.48. The minimum Gasteiger partial charge on any atom is -0.449 e. The summed E-state index contributed by atoms with van der Waals surface area (Å²) >= 11 is 6.23. The van der Waals surface area contributed by atoms with E-state index in [1.165, 1.54) is 6.33 Å². The topological polar surface area (TPSA) is 73.0 Å². The second-order valence-corrected chi connectivity index (χ2v) is 6.22. The van der Waals surface area contributed by atoms with Crippen molar-refractivity contribution >= 4 is 28.5 Å². The summed E-state index contributed by atoms with van der Waals surface area (Å²) in [6.45, 7) is 8.34. The van der Waals surface area contributed by atoms with Gasteiger partial charge in [-0.2, -0.15) is 5.10 Å². The van der Waals surface area contributed by atoms with E-state index in [1.807, 2.05) is 39.8 Å². The van der Waals surface area contributed by atoms with Crippen LogP contribution in [-0.2, 0) is 6.54 Å². The lowest BCUT2D eigenvalue weighted by Crippen LogP contribution is -2.29. The van der Waals surface area contributed by atoms with Gasteiger partial charge in [-0.25, -0.2) is 9.67 Å². The Morgan fingerprint density at radius 1 is 1.42 bits per heavy atom. The molecule has 0 unspecified atom stereocenters. The first kappa shape index (κ1) is 16.5. The minimum absolute atomic E-state index is 0.270. The molecular weight excluding hydrogens is 328 g/mol. The van der Waals surface area contributed by atoms with Crippen LogP contribution in [0, 0.1) is 13.8 Å². The van der Waals surface area contributed by atoms with Gasteiger partial charge in [-0.3, -0.25) is 4.79 Å². The summed E-state index contributed by atoms with van der Waals surface area (Å²) in [6, 6.07) is 3.50. The molecule has 6 nitrogen and oxygen atoms in total. The van der Waals surface area contributed by atoms with E-state index >= 15 is 0 Å². The Morgan fingerprint density at radius 2 is 2.17 bits per heavy atom. The fourth-order valence-corrected chi connectivity index (χ4v) is 3.12. The Kier molecular flexibility index (Phi) is 4.32. The van der Waals surface area contributed by atoms with Crippen LogP contribution in [-0.4, -0.2) is 20.7 Å². The van der Waals surface area contributed by atoms with Crippen LogP contribution < -0.4 is 5.32 Å². The van der Waals surface area contributed by atoms with E-state index in [0.29, 0.717) is 23.0 Å². The summed E-state index contributed by atoms with van der Waals surface area (Å²) in [5.41, 5.74) is 2.33. The standard InChI is InChI=1S/C17H19ClN4O2/c1-5-22-16(19-8-20-22)11(4)21-17(23)14-10(3)12-6-9(2)7-13(18)15(12)24-14/h6-8,11H,5H2,1-4H3,(H,21,23)/t11-/m0/s1. The summed E-state index contributed by atoms with van der Waals surface area (Å²) < 4.78 is 7.48. The summed E-state index contributed by atoms with van der Waals surface area (Å²) in [5.74, 6) is 0.677. The molecule has 1 N–H and O–H groups in total. The predicted octanol–water partition coefficient (Wildman–Crippen LogP) is 3.81. The zero-order valence-corrected chi connectivity index (χ0v) is 14.8. The van der Waals surface area contributed by atoms with Crippen molar-refractivity contribution in [2.75, 3.05) is 0 Å². The number of benzene rings is 1. The second-order valence-electron chi connectivity index (χ2n) is 5.81. The third kappa shape index (κ3) is 2.78. The number of nitrogens with zero attached hydrogens (tertiary/aromatic N) is 3. The Balaban J connectivity index is 1.92. The lowest BCUT2D eigenvalue weighted by molar-refractivity contribution is 0.0910. The van der Waals surface area contributed by atoms with Crippen LogP contribution in [0.4, 0.5) is 0 Å². The van der Waals surface area contributed by atoms with E-state index in [4.69, 9.17) is 16.0 Å². The molecule has 0 aliphatic heterocycles. The second kappa shape index (κ2) is 6.28. The molecule has 1 aromatic carbocycles. The maximum Gasteiger partial charge on any atom is 0.287 e. The normalized spacial score (nSPS) is 12.5. The molecule has 0 saturated heterocycles. The van der Waals surface area contributed by atoms with Crippen LogP contribution >= 0.6 is 11.6 Å². The predicted molar refractivity (Wildman–Crippen MR) is 92.3 cm³/mol. The van der Waals surface area contributed by atoms with Gasteiger partial charge in [0.1, 0.15) is 12.2 Å². The summed E-state index contributed by atoms with van der Waals surface area (Å²) in [4.78, 5) is 16.8. The lowest BCUT2D eigenvalue weighted by Gasteiger charge is -2.13. The molecule has 1 atom stereocenters. The highest BCUT2D eigenvalue weighted by Crippen LogP contribution is 2.32. The summed E-state index contributed by atoms with van der Waals surface area (Å²) in [7, 11) is 0. The molecule has 0 aliphatic rings. The quantitative estimate of drug-likeness (QED) is 0.779. The first-order chi connectivity index (χ1) is 11.4. The van der Waals surface area contributed by atoms with Crippen molar-refractivity contribution in [1.82, 2.24) is 20.1 Å². The molecular formula is C17H19ClN4O2. The Bertz CT molecular complexity index is 913. The van der Waals surface area contributed by atoms with Crippen molar-refractivity contribution in [2.45, 2.75) is 40.3 Å². The van der Waals surface area contributed by atoms with Gasteiger partial charge in [0.15, 0.2) is 11.3 Å². The van der Waals surface area contributed by atoms with Gasteiger partial charge in [-0.05, 0) is 45.4 Å². The molecule has 2 aromatic heterocycles. The van der Waals surface area contributed by atoms with Crippen molar-refractivity contribution in [3.63, 3.8) is 0 Å². The van der Waals surface area contributed by atoms with Gasteiger partial charge in [0, 0.05) is 17.5 Å². The molecule has 0 aliphatic carbocycles. The lowest BCUT2D eigenvalue weighted by atomic mass is 10.1. The van der Waals surface area contributed by atoms with Gasteiger partial charge in [0.05, 0.1) is 11.1 Å². The van der Waals surface area contributed by atoms with E-state index in [0.717, 1.165) is 16.5 Å². The third-order valence-electron chi connectivity index (χ3n) is 4.02. The molecule has 0 spiro atoms. The van der Waals surface area contributed by atoms with Crippen molar-refractivity contribution in [1.29, 1.82) is 0 Å². The van der Waals surface area contributed by atoms with E-state index in [-0.39, 0.29) is 17.7 Å². The first-order valence-electron chi connectivity index (χ1n) is 7.80. The molecule has 3 aromatic rings. The number of hydrogen-bond donors (Lipinski definition) is 1. The van der Waals surface area contributed by atoms with E-state index in [9.17, 15) is 4.79 Å². The van der Waals surface area contributed by atoms with Gasteiger partial charge in [0.25, 0.3) is 5.91 Å². The smallest absolute Gasteiger partial charge is 0.287 e. The molecule has 2 heterocycles. The number of rotatable bonds is 4. The number of fused-ring (bicyclic) bond motifs is 1. The molecule has 3 rings (SSSR count). The highest BCUT2D eigenvalue weighted by atomic mass is 35.5. The number of aromatic nitrogens is 3. The van der Waals surface area contributed by atoms with Crippen LogP contribution in [0.3, 0.4) is 0 Å². The van der Waals surface area contributed by atoms with Crippen molar-refractivity contribution in [3.8, 4) is 0 Å². The molecule has 24 heavy (non-hydrogen) atoms. The van der Waals surface area contributed by atoms with Gasteiger partial charge < -0.3 is 9.73 Å². The van der Waals surface area contributed by atoms with Crippen LogP contribution in [0.5, 0.6) is 0 Å². The van der Waals surface area contributed by atoms with E-state index < -0.39 is 0 Å². The van der Waals surface area contributed by atoms with Crippen LogP contribution in [0.15, 0.2) is 22.9 Å². The molecule has 0 bridgehead atoms. The maximum absolute atomic E-state index is 12.6. The fourth-order valence-electron chi connectivity index (χ4n) is 2.81. The third-order valence-corrected chi connectivity index (χ3v) is 4.30. The van der Waals surface area contributed by atoms with Gasteiger partial charge in [-0.1, -0.05) is 11.6 Å². The van der Waals surface area contributed by atoms with Gasteiger partial charge >= 0.3 is 0 Å². The highest BCUT2D eigenvalue weighted by Gasteiger charge is 2.22. The van der Waals surface area contributed by atoms with Crippen LogP contribution in [0.1, 0.15) is 47.4 Å². The largest absolute Gasteiger partial charge is 0.449 e. The fraction of sp³-hybridized carbons (Fsp3) is 0.353. The Morgan fingerprint density at radius 3 is 2.88 bits per heavy atom. The summed E-state index contributed by atoms with van der Waals surface area (Å²) in [5, 5.41) is 8.39. The number of nitrogens with one attached hydrogen (secondary N) is 1. The number of furan rings is 1. The molecule has 0 radical (unpaired) electrons. The molecule has 126 valence electrons. The van der Waals surface area contributed by atoms with Crippen LogP contribution in [0.2, 0.25) is 5.02 Å². The van der Waals surface area contributed by atoms with Crippen LogP contribution in [0.25, 0.3) is 11.0 Å². The highest BCUT2D eigenvalue weighted by molar-refractivity contribution is 6.35. The SMILES string of the molecule is CCn1ncnc1[C@H](C)NC(=O)c1oc2c(Cl)cc(C)cc2c1C. The first-order valence-corrected chi connectivity index (χ1v) is 8.18. The minimum atomic E-state index is -0.296. The number of aryl methyl sites for hydroxylation is 3. The number of carbonyl (C=O) groups excluding carboxylic acids is 1. The average molecular weight is 347 g/mol. The van der Waals surface area contributed by atoms with Crippen molar-refractivity contribution in [3.05, 3.63) is 46.2 Å². The zero-order chi connectivity index (χ0) is 17.4. The molecule has 0 saturated carbocycles. The number of amides is 1. The van der Waals surface area contributed by atoms with E-state index in [1.54, 1.807) is 4.68 Å². The number of halogens is 1. The van der Waals surface area contributed by atoms with Crippen molar-refractivity contribution in [2.24, 2.45) is 0 Å². The number of carbonyl (C=O) groups is 1. The van der Waals surface area contributed by atoms with Gasteiger partial charge in [-0.15, -0.1) is 0 Å². The number of hydrogen-bond acceptors (Lipinski definition) is 4. The molecule has 1 amide bonds. The monoisotopic (exact) mass is 346 g/mol.